The Hall–Kier alpha value is -2.25. The predicted molar refractivity (Wildman–Crippen MR) is 106 cm³/mol. The Kier molecular flexibility index (Phi) is 5.50. The van der Waals surface area contributed by atoms with E-state index in [1.165, 1.54) is 0 Å². The van der Waals surface area contributed by atoms with Crippen LogP contribution in [0.2, 0.25) is 0 Å². The number of rotatable bonds is 6. The fraction of sp³-hybridized carbons (Fsp3) is 0.400. The molecule has 2 aromatic heterocycles. The highest BCUT2D eigenvalue weighted by Gasteiger charge is 2.27. The summed E-state index contributed by atoms with van der Waals surface area (Å²) in [5.41, 5.74) is 1.05. The van der Waals surface area contributed by atoms with Crippen molar-refractivity contribution < 1.29 is 9.15 Å². The average molecular weight is 385 g/mol. The molecular weight excluding hydrogens is 360 g/mol. The summed E-state index contributed by atoms with van der Waals surface area (Å²) >= 11 is 1.62. The van der Waals surface area contributed by atoms with Crippen molar-refractivity contribution in [1.29, 1.82) is 0 Å². The summed E-state index contributed by atoms with van der Waals surface area (Å²) < 4.78 is 13.1. The maximum atomic E-state index is 5.48. The second-order valence-electron chi connectivity index (χ2n) is 6.71. The topological polar surface area (TPSA) is 56.3 Å². The minimum atomic E-state index is 0.400. The molecule has 0 radical (unpaired) electrons. The Bertz CT molecular complexity index is 870. The fourth-order valence-corrected chi connectivity index (χ4v) is 4.15. The normalized spacial score (nSPS) is 15.9. The van der Waals surface area contributed by atoms with Gasteiger partial charge in [-0.3, -0.25) is 9.47 Å². The lowest BCUT2D eigenvalue weighted by Crippen LogP contribution is -2.33. The maximum absolute atomic E-state index is 5.48. The van der Waals surface area contributed by atoms with Crippen LogP contribution in [-0.2, 0) is 6.54 Å². The lowest BCUT2D eigenvalue weighted by molar-refractivity contribution is 0.187. The molecule has 0 aliphatic carbocycles. The summed E-state index contributed by atoms with van der Waals surface area (Å²) in [7, 11) is 1.69. The first-order chi connectivity index (χ1) is 13.3. The number of hydrogen-bond acceptors (Lipinski definition) is 6. The van der Waals surface area contributed by atoms with Gasteiger partial charge in [0.15, 0.2) is 5.16 Å². The summed E-state index contributed by atoms with van der Waals surface area (Å²) in [6.45, 7) is 2.94. The van der Waals surface area contributed by atoms with E-state index >= 15 is 0 Å². The van der Waals surface area contributed by atoms with Crippen LogP contribution in [0.25, 0.3) is 5.69 Å². The molecule has 0 bridgehead atoms. The molecule has 27 heavy (non-hydrogen) atoms. The first-order valence-corrected chi connectivity index (χ1v) is 10.4. The molecule has 3 aromatic rings. The minimum Gasteiger partial charge on any atom is -0.497 e. The van der Waals surface area contributed by atoms with Crippen molar-refractivity contribution in [3.8, 4) is 11.4 Å². The van der Waals surface area contributed by atoms with Gasteiger partial charge in [-0.05, 0) is 56.5 Å². The number of aromatic nitrogens is 3. The van der Waals surface area contributed by atoms with Crippen molar-refractivity contribution in [3.05, 3.63) is 54.2 Å². The van der Waals surface area contributed by atoms with Gasteiger partial charge in [0.2, 0.25) is 0 Å². The smallest absolute Gasteiger partial charge is 0.195 e. The third kappa shape index (κ3) is 3.89. The molecule has 1 saturated heterocycles. The van der Waals surface area contributed by atoms with Crippen LogP contribution in [-0.4, -0.2) is 46.1 Å². The van der Waals surface area contributed by atoms with Crippen LogP contribution < -0.4 is 4.74 Å². The van der Waals surface area contributed by atoms with Gasteiger partial charge in [0.05, 0.1) is 25.6 Å². The first kappa shape index (κ1) is 18.1. The molecule has 3 heterocycles. The zero-order chi connectivity index (χ0) is 18.6. The summed E-state index contributed by atoms with van der Waals surface area (Å²) in [5, 5.41) is 9.90. The molecule has 7 heteroatoms. The van der Waals surface area contributed by atoms with Crippen LogP contribution in [0.15, 0.2) is 52.2 Å². The average Bonchev–Trinajstić information content (AvgIpc) is 3.38. The summed E-state index contributed by atoms with van der Waals surface area (Å²) in [4.78, 5) is 2.44. The summed E-state index contributed by atoms with van der Waals surface area (Å²) in [5.74, 6) is 3.31. The molecule has 0 N–H and O–H groups in total. The number of benzene rings is 1. The van der Waals surface area contributed by atoms with Crippen molar-refractivity contribution >= 4 is 11.8 Å². The molecule has 1 aliphatic heterocycles. The highest BCUT2D eigenvalue weighted by Crippen LogP contribution is 2.32. The molecule has 4 rings (SSSR count). The van der Waals surface area contributed by atoms with Crippen LogP contribution in [0.5, 0.6) is 5.75 Å². The molecule has 0 saturated carbocycles. The van der Waals surface area contributed by atoms with E-state index in [0.717, 1.165) is 60.7 Å². The van der Waals surface area contributed by atoms with Crippen molar-refractivity contribution in [1.82, 2.24) is 19.7 Å². The van der Waals surface area contributed by atoms with Crippen LogP contribution >= 0.6 is 11.8 Å². The number of hydrogen-bond donors (Lipinski definition) is 0. The minimum absolute atomic E-state index is 0.400. The van der Waals surface area contributed by atoms with Crippen molar-refractivity contribution in [2.75, 3.05) is 26.5 Å². The van der Waals surface area contributed by atoms with Gasteiger partial charge in [-0.1, -0.05) is 17.8 Å². The number of ether oxygens (including phenoxy) is 1. The fourth-order valence-electron chi connectivity index (χ4n) is 3.64. The van der Waals surface area contributed by atoms with Crippen LogP contribution in [0, 0.1) is 0 Å². The van der Waals surface area contributed by atoms with Gasteiger partial charge in [-0.15, -0.1) is 10.2 Å². The Morgan fingerprint density at radius 2 is 2.04 bits per heavy atom. The van der Waals surface area contributed by atoms with E-state index in [4.69, 9.17) is 9.15 Å². The second kappa shape index (κ2) is 8.19. The molecule has 0 amide bonds. The van der Waals surface area contributed by atoms with Gasteiger partial charge in [0, 0.05) is 12.0 Å². The van der Waals surface area contributed by atoms with Crippen LogP contribution in [0.4, 0.5) is 0 Å². The van der Waals surface area contributed by atoms with Crippen LogP contribution in [0.3, 0.4) is 0 Å². The Morgan fingerprint density at radius 3 is 2.74 bits per heavy atom. The highest BCUT2D eigenvalue weighted by molar-refractivity contribution is 7.98. The third-order valence-electron chi connectivity index (χ3n) is 5.06. The molecule has 1 aromatic carbocycles. The number of nitrogens with zero attached hydrogens (tertiary/aromatic N) is 4. The SMILES string of the molecule is COc1cccc(-n2c(SC)nnc2C2CCN(Cc3ccco3)CC2)c1. The molecule has 0 atom stereocenters. The zero-order valence-electron chi connectivity index (χ0n) is 15.7. The Balaban J connectivity index is 1.53. The number of piperidine rings is 1. The van der Waals surface area contributed by atoms with Gasteiger partial charge in [0.1, 0.15) is 17.3 Å². The van der Waals surface area contributed by atoms with Gasteiger partial charge in [0.25, 0.3) is 0 Å². The van der Waals surface area contributed by atoms with Crippen molar-refractivity contribution in [2.24, 2.45) is 0 Å². The van der Waals surface area contributed by atoms with E-state index in [2.05, 4.69) is 25.7 Å². The maximum Gasteiger partial charge on any atom is 0.195 e. The van der Waals surface area contributed by atoms with E-state index in [1.54, 1.807) is 25.1 Å². The summed E-state index contributed by atoms with van der Waals surface area (Å²) in [6.07, 6.45) is 5.91. The largest absolute Gasteiger partial charge is 0.497 e. The van der Waals surface area contributed by atoms with E-state index in [9.17, 15) is 0 Å². The standard InChI is InChI=1S/C20H24N4O2S/c1-25-17-6-3-5-16(13-17)24-19(21-22-20(24)27-2)15-8-10-23(11-9-15)14-18-7-4-12-26-18/h3-7,12-13,15H,8-11,14H2,1-2H3. The highest BCUT2D eigenvalue weighted by atomic mass is 32.2. The third-order valence-corrected chi connectivity index (χ3v) is 5.69. The molecule has 142 valence electrons. The van der Waals surface area contributed by atoms with E-state index in [0.29, 0.717) is 5.92 Å². The van der Waals surface area contributed by atoms with Crippen molar-refractivity contribution in [2.45, 2.75) is 30.5 Å². The van der Waals surface area contributed by atoms with Crippen LogP contribution in [0.1, 0.15) is 30.3 Å². The van der Waals surface area contributed by atoms with E-state index in [1.807, 2.05) is 36.6 Å². The monoisotopic (exact) mass is 384 g/mol. The lowest BCUT2D eigenvalue weighted by Gasteiger charge is -2.31. The molecule has 1 aliphatic rings. The zero-order valence-corrected chi connectivity index (χ0v) is 16.5. The van der Waals surface area contributed by atoms with Crippen molar-refractivity contribution in [3.63, 3.8) is 0 Å². The number of likely N-dealkylation sites (tertiary alicyclic amines) is 1. The molecule has 1 fully saturated rings. The number of methoxy groups -OCH3 is 1. The summed E-state index contributed by atoms with van der Waals surface area (Å²) in [6, 6.07) is 12.1. The number of furan rings is 1. The van der Waals surface area contributed by atoms with Gasteiger partial charge >= 0.3 is 0 Å². The quantitative estimate of drug-likeness (QED) is 0.600. The van der Waals surface area contributed by atoms with E-state index in [-0.39, 0.29) is 0 Å². The molecule has 0 spiro atoms. The molecule has 6 nitrogen and oxygen atoms in total. The van der Waals surface area contributed by atoms with Gasteiger partial charge < -0.3 is 9.15 Å². The van der Waals surface area contributed by atoms with Gasteiger partial charge in [-0.25, -0.2) is 0 Å². The molecule has 0 unspecified atom stereocenters. The molecular formula is C20H24N4O2S. The predicted octanol–water partition coefficient (Wildman–Crippen LogP) is 3.97. The first-order valence-electron chi connectivity index (χ1n) is 9.17. The van der Waals surface area contributed by atoms with Gasteiger partial charge in [-0.2, -0.15) is 0 Å². The second-order valence-corrected chi connectivity index (χ2v) is 7.48. The lowest BCUT2D eigenvalue weighted by atomic mass is 9.95. The van der Waals surface area contributed by atoms with E-state index < -0.39 is 0 Å². The Labute approximate surface area is 163 Å². The Morgan fingerprint density at radius 1 is 1.19 bits per heavy atom. The number of thioether (sulfide) groups is 1.